The van der Waals surface area contributed by atoms with Crippen molar-refractivity contribution in [3.63, 3.8) is 0 Å². The van der Waals surface area contributed by atoms with Crippen molar-refractivity contribution in [1.82, 2.24) is 19.5 Å². The van der Waals surface area contributed by atoms with Crippen LogP contribution in [0.3, 0.4) is 0 Å². The molecule has 1 atom stereocenters. The number of fused-ring (bicyclic) bond motifs is 1. The van der Waals surface area contributed by atoms with Crippen LogP contribution in [0.15, 0.2) is 81.7 Å². The van der Waals surface area contributed by atoms with E-state index in [0.29, 0.717) is 5.69 Å². The molecule has 3 heterocycles. The molecule has 2 aromatic carbocycles. The molecule has 2 N–H and O–H groups in total. The number of H-pyrrole nitrogens is 1. The summed E-state index contributed by atoms with van der Waals surface area (Å²) in [6, 6.07) is 16.9. The highest BCUT2D eigenvalue weighted by atomic mass is 16.3. The molecular formula is C25H23N5O3. The number of pyridine rings is 1. The van der Waals surface area contributed by atoms with Gasteiger partial charge in [-0.3, -0.25) is 19.8 Å². The first-order valence-corrected chi connectivity index (χ1v) is 10.9. The molecule has 0 amide bonds. The molecule has 8 nitrogen and oxygen atoms in total. The fraction of sp³-hybridized carbons (Fsp3) is 0.200. The van der Waals surface area contributed by atoms with Gasteiger partial charge in [-0.2, -0.15) is 5.10 Å². The fourth-order valence-corrected chi connectivity index (χ4v) is 4.38. The zero-order valence-electron chi connectivity index (χ0n) is 17.9. The molecule has 1 saturated heterocycles. The van der Waals surface area contributed by atoms with Crippen LogP contribution in [0, 0.1) is 0 Å². The minimum absolute atomic E-state index is 0.0360. The number of hydrazone groups is 1. The van der Waals surface area contributed by atoms with Crippen LogP contribution in [0.1, 0.15) is 36.4 Å². The van der Waals surface area contributed by atoms with Crippen LogP contribution >= 0.6 is 0 Å². The lowest BCUT2D eigenvalue weighted by molar-refractivity contribution is 0.156. The lowest BCUT2D eigenvalue weighted by Gasteiger charge is -2.33. The van der Waals surface area contributed by atoms with Crippen LogP contribution < -0.4 is 11.2 Å². The lowest BCUT2D eigenvalue weighted by Crippen LogP contribution is -2.32. The number of rotatable bonds is 4. The highest BCUT2D eigenvalue weighted by Gasteiger charge is 2.23. The Bertz CT molecular complexity index is 1440. The van der Waals surface area contributed by atoms with E-state index in [9.17, 15) is 14.7 Å². The average molecular weight is 441 g/mol. The highest BCUT2D eigenvalue weighted by molar-refractivity contribution is 5.91. The Hall–Kier alpha value is -4.20. The second-order valence-electron chi connectivity index (χ2n) is 8.04. The van der Waals surface area contributed by atoms with E-state index in [1.165, 1.54) is 6.21 Å². The third-order valence-electron chi connectivity index (χ3n) is 6.01. The SMILES string of the molecule is O=c1[nH]c(=O)n(-c2cccc3ccccc23)c(O)c1C=NN1CCCC[C@@H]1c1cccnc1. The van der Waals surface area contributed by atoms with E-state index in [1.54, 1.807) is 18.3 Å². The average Bonchev–Trinajstić information content (AvgIpc) is 2.84. The minimum Gasteiger partial charge on any atom is -0.493 e. The van der Waals surface area contributed by atoms with Crippen molar-refractivity contribution in [2.24, 2.45) is 5.10 Å². The summed E-state index contributed by atoms with van der Waals surface area (Å²) in [5.74, 6) is -0.446. The number of aromatic amines is 1. The molecule has 4 aromatic rings. The van der Waals surface area contributed by atoms with Gasteiger partial charge in [-0.1, -0.05) is 42.5 Å². The zero-order chi connectivity index (χ0) is 22.8. The smallest absolute Gasteiger partial charge is 0.335 e. The van der Waals surface area contributed by atoms with E-state index in [1.807, 2.05) is 53.7 Å². The van der Waals surface area contributed by atoms with Gasteiger partial charge >= 0.3 is 5.69 Å². The van der Waals surface area contributed by atoms with Crippen LogP contribution in [-0.2, 0) is 0 Å². The first-order chi connectivity index (χ1) is 16.1. The topological polar surface area (TPSA) is 104 Å². The van der Waals surface area contributed by atoms with Crippen molar-refractivity contribution in [2.75, 3.05) is 6.54 Å². The van der Waals surface area contributed by atoms with Gasteiger partial charge in [0, 0.05) is 24.3 Å². The van der Waals surface area contributed by atoms with Gasteiger partial charge in [-0.05, 0) is 42.3 Å². The highest BCUT2D eigenvalue weighted by Crippen LogP contribution is 2.31. The van der Waals surface area contributed by atoms with Crippen LogP contribution in [0.5, 0.6) is 5.88 Å². The Labute approximate surface area is 189 Å². The van der Waals surface area contributed by atoms with Gasteiger partial charge in [-0.15, -0.1) is 0 Å². The van der Waals surface area contributed by atoms with Crippen LogP contribution in [0.25, 0.3) is 16.5 Å². The fourth-order valence-electron chi connectivity index (χ4n) is 4.38. The number of hydrogen-bond acceptors (Lipinski definition) is 6. The number of hydrogen-bond donors (Lipinski definition) is 2. The maximum absolute atomic E-state index is 12.7. The summed E-state index contributed by atoms with van der Waals surface area (Å²) in [4.78, 5) is 31.8. The number of benzene rings is 2. The molecule has 8 heteroatoms. The molecule has 0 spiro atoms. The number of piperidine rings is 1. The summed E-state index contributed by atoms with van der Waals surface area (Å²) < 4.78 is 1.11. The van der Waals surface area contributed by atoms with Crippen molar-refractivity contribution in [3.8, 4) is 11.6 Å². The quantitative estimate of drug-likeness (QED) is 0.473. The Balaban J connectivity index is 1.57. The lowest BCUT2D eigenvalue weighted by atomic mass is 9.98. The van der Waals surface area contributed by atoms with E-state index in [4.69, 9.17) is 0 Å². The number of aromatic hydroxyl groups is 1. The molecule has 0 bridgehead atoms. The van der Waals surface area contributed by atoms with E-state index in [-0.39, 0.29) is 11.6 Å². The van der Waals surface area contributed by atoms with Gasteiger partial charge in [0.15, 0.2) is 0 Å². The predicted molar refractivity (Wildman–Crippen MR) is 127 cm³/mol. The normalized spacial score (nSPS) is 16.5. The van der Waals surface area contributed by atoms with Crippen molar-refractivity contribution in [1.29, 1.82) is 0 Å². The van der Waals surface area contributed by atoms with E-state index in [0.717, 1.165) is 46.7 Å². The molecule has 1 aliphatic heterocycles. The molecule has 33 heavy (non-hydrogen) atoms. The number of nitrogens with zero attached hydrogens (tertiary/aromatic N) is 4. The minimum atomic E-state index is -0.711. The van der Waals surface area contributed by atoms with Crippen LogP contribution in [0.4, 0.5) is 0 Å². The summed E-state index contributed by atoms with van der Waals surface area (Å²) in [6.07, 6.45) is 7.86. The summed E-state index contributed by atoms with van der Waals surface area (Å²) in [5, 5.41) is 19.1. The molecule has 5 rings (SSSR count). The van der Waals surface area contributed by atoms with Crippen molar-refractivity contribution < 1.29 is 5.11 Å². The Morgan fingerprint density at radius 3 is 2.76 bits per heavy atom. The van der Waals surface area contributed by atoms with Gasteiger partial charge in [0.25, 0.3) is 5.56 Å². The molecule has 0 saturated carbocycles. The predicted octanol–water partition coefficient (Wildman–Crippen LogP) is 3.34. The molecule has 1 fully saturated rings. The molecule has 2 aromatic heterocycles. The standard InChI is InChI=1S/C25H23N5O3/c31-23-20(16-27-29-14-4-3-11-21(29)18-9-6-13-26-15-18)24(32)30(25(33)28-23)22-12-5-8-17-7-1-2-10-19(17)22/h1-2,5-10,12-13,15-16,21,32H,3-4,11,14H2,(H,28,31,33)/t21-/m1/s1. The summed E-state index contributed by atoms with van der Waals surface area (Å²) in [7, 11) is 0. The second kappa shape index (κ2) is 8.74. The molecular weight excluding hydrogens is 418 g/mol. The second-order valence-corrected chi connectivity index (χ2v) is 8.04. The first kappa shape index (κ1) is 20.7. The molecule has 166 valence electrons. The number of nitrogens with one attached hydrogen (secondary N) is 1. The number of aromatic nitrogens is 3. The Morgan fingerprint density at radius 1 is 1.06 bits per heavy atom. The first-order valence-electron chi connectivity index (χ1n) is 10.9. The van der Waals surface area contributed by atoms with Gasteiger partial charge in [0.2, 0.25) is 5.88 Å². The Morgan fingerprint density at radius 2 is 1.91 bits per heavy atom. The molecule has 1 aliphatic rings. The van der Waals surface area contributed by atoms with Crippen LogP contribution in [0.2, 0.25) is 0 Å². The van der Waals surface area contributed by atoms with Gasteiger partial charge in [0.05, 0.1) is 17.9 Å². The summed E-state index contributed by atoms with van der Waals surface area (Å²) in [5.41, 5.74) is 0.0591. The van der Waals surface area contributed by atoms with E-state index < -0.39 is 17.1 Å². The van der Waals surface area contributed by atoms with Gasteiger partial charge in [0.1, 0.15) is 5.56 Å². The van der Waals surface area contributed by atoms with Gasteiger partial charge < -0.3 is 5.11 Å². The molecule has 0 aliphatic carbocycles. The largest absolute Gasteiger partial charge is 0.493 e. The van der Waals surface area contributed by atoms with E-state index in [2.05, 4.69) is 15.1 Å². The van der Waals surface area contributed by atoms with Crippen molar-refractivity contribution in [3.05, 3.63) is 99.0 Å². The maximum Gasteiger partial charge on any atom is 0.335 e. The van der Waals surface area contributed by atoms with Crippen molar-refractivity contribution >= 4 is 17.0 Å². The maximum atomic E-state index is 12.7. The monoisotopic (exact) mass is 441 g/mol. The molecule has 0 unspecified atom stereocenters. The van der Waals surface area contributed by atoms with Crippen molar-refractivity contribution in [2.45, 2.75) is 25.3 Å². The Kier molecular flexibility index (Phi) is 5.48. The van der Waals surface area contributed by atoms with Gasteiger partial charge in [-0.25, -0.2) is 9.36 Å². The van der Waals surface area contributed by atoms with E-state index >= 15 is 0 Å². The van der Waals surface area contributed by atoms with Crippen LogP contribution in [-0.4, -0.2) is 37.4 Å². The third kappa shape index (κ3) is 3.91. The summed E-state index contributed by atoms with van der Waals surface area (Å²) >= 11 is 0. The zero-order valence-corrected chi connectivity index (χ0v) is 17.9. The molecule has 0 radical (unpaired) electrons. The third-order valence-corrected chi connectivity index (χ3v) is 6.01. The summed E-state index contributed by atoms with van der Waals surface area (Å²) in [6.45, 7) is 0.720.